The van der Waals surface area contributed by atoms with Crippen molar-refractivity contribution in [3.8, 4) is 0 Å². The van der Waals surface area contributed by atoms with Crippen molar-refractivity contribution in [2.75, 3.05) is 31.1 Å². The lowest BCUT2D eigenvalue weighted by Gasteiger charge is -2.38. The van der Waals surface area contributed by atoms with E-state index in [9.17, 15) is 9.59 Å². The van der Waals surface area contributed by atoms with E-state index in [2.05, 4.69) is 16.1 Å². The minimum Gasteiger partial charge on any atom is -0.368 e. The fourth-order valence-corrected chi connectivity index (χ4v) is 4.20. The normalized spacial score (nSPS) is 19.7. The fraction of sp³-hybridized carbons (Fsp3) is 0.450. The van der Waals surface area contributed by atoms with Crippen LogP contribution >= 0.6 is 11.6 Å². The van der Waals surface area contributed by atoms with Gasteiger partial charge in [0.15, 0.2) is 0 Å². The van der Waals surface area contributed by atoms with Gasteiger partial charge in [-0.1, -0.05) is 17.7 Å². The lowest BCUT2D eigenvalue weighted by Crippen LogP contribution is -2.51. The molecule has 7 heteroatoms. The van der Waals surface area contributed by atoms with Gasteiger partial charge in [-0.05, 0) is 43.0 Å². The molecule has 1 aliphatic heterocycles. The summed E-state index contributed by atoms with van der Waals surface area (Å²) in [4.78, 5) is 29.1. The Bertz CT molecular complexity index is 918. The maximum atomic E-state index is 13.0. The molecule has 1 aromatic heterocycles. The average molecular weight is 387 g/mol. The molecule has 2 aromatic rings. The topological polar surface area (TPSA) is 58.4 Å². The van der Waals surface area contributed by atoms with E-state index in [0.29, 0.717) is 19.5 Å². The second-order valence-electron chi connectivity index (χ2n) is 7.31. The molecule has 0 saturated carbocycles. The summed E-state index contributed by atoms with van der Waals surface area (Å²) in [6, 6.07) is 9.47. The molecule has 4 rings (SSSR count). The third-order valence-corrected chi connectivity index (χ3v) is 5.80. The molecule has 0 radical (unpaired) electrons. The number of aryl methyl sites for hydroxylation is 2. The molecule has 27 heavy (non-hydrogen) atoms. The zero-order valence-corrected chi connectivity index (χ0v) is 16.2. The molecule has 2 aliphatic rings. The molecule has 1 saturated heterocycles. The molecule has 0 spiro atoms. The van der Waals surface area contributed by atoms with Gasteiger partial charge in [-0.2, -0.15) is 5.10 Å². The molecule has 1 aromatic carbocycles. The van der Waals surface area contributed by atoms with Crippen molar-refractivity contribution in [1.29, 1.82) is 0 Å². The first-order valence-electron chi connectivity index (χ1n) is 9.36. The zero-order chi connectivity index (χ0) is 19.0. The number of piperazine rings is 1. The second-order valence-corrected chi connectivity index (χ2v) is 7.75. The van der Waals surface area contributed by atoms with Crippen molar-refractivity contribution in [2.45, 2.75) is 19.3 Å². The molecule has 0 bridgehead atoms. The van der Waals surface area contributed by atoms with Crippen molar-refractivity contribution in [1.82, 2.24) is 14.7 Å². The van der Waals surface area contributed by atoms with Gasteiger partial charge in [-0.3, -0.25) is 9.59 Å². The number of amides is 1. The van der Waals surface area contributed by atoms with Crippen LogP contribution in [0.2, 0.25) is 5.02 Å². The predicted octanol–water partition coefficient (Wildman–Crippen LogP) is 1.89. The number of benzene rings is 1. The van der Waals surface area contributed by atoms with Gasteiger partial charge in [0.05, 0.1) is 5.69 Å². The lowest BCUT2D eigenvalue weighted by molar-refractivity contribution is -0.136. The van der Waals surface area contributed by atoms with Crippen molar-refractivity contribution >= 4 is 23.2 Å². The number of halogens is 1. The van der Waals surface area contributed by atoms with Crippen molar-refractivity contribution in [3.63, 3.8) is 0 Å². The van der Waals surface area contributed by atoms with Crippen LogP contribution in [0, 0.1) is 5.92 Å². The third-order valence-electron chi connectivity index (χ3n) is 5.57. The summed E-state index contributed by atoms with van der Waals surface area (Å²) in [5, 5.41) is 5.06. The highest BCUT2D eigenvalue weighted by atomic mass is 35.5. The molecular weight excluding hydrogens is 364 g/mol. The smallest absolute Gasteiger partial charge is 0.266 e. The summed E-state index contributed by atoms with van der Waals surface area (Å²) in [6.07, 6.45) is 2.17. The quantitative estimate of drug-likeness (QED) is 0.790. The molecule has 1 atom stereocenters. The lowest BCUT2D eigenvalue weighted by atomic mass is 9.86. The number of hydrogen-bond acceptors (Lipinski definition) is 4. The maximum Gasteiger partial charge on any atom is 0.266 e. The summed E-state index contributed by atoms with van der Waals surface area (Å²) < 4.78 is 1.37. The minimum atomic E-state index is -0.114. The standard InChI is InChI=1S/C20H23ClN4O2/c1-23-19(26)12-15-11-14(5-6-18(15)22-23)20(27)25-9-7-24(8-10-25)17-4-2-3-16(21)13-17/h2-4,12-14H,5-11H2,1H3/t14-/m1/s1. The van der Waals surface area contributed by atoms with Crippen molar-refractivity contribution < 1.29 is 4.79 Å². The van der Waals surface area contributed by atoms with Gasteiger partial charge in [0.1, 0.15) is 0 Å². The SMILES string of the molecule is Cn1nc2c(cc1=O)C[C@H](C(=O)N1CCN(c3cccc(Cl)c3)CC1)CC2. The molecular formula is C20H23ClN4O2. The van der Waals surface area contributed by atoms with Gasteiger partial charge in [-0.25, -0.2) is 4.68 Å². The van der Waals surface area contributed by atoms with Gasteiger partial charge in [0, 0.05) is 55.9 Å². The summed E-state index contributed by atoms with van der Waals surface area (Å²) >= 11 is 6.09. The van der Waals surface area contributed by atoms with Crippen LogP contribution in [-0.4, -0.2) is 46.8 Å². The Labute approximate surface area is 163 Å². The van der Waals surface area contributed by atoms with Crippen LogP contribution in [0.15, 0.2) is 35.1 Å². The van der Waals surface area contributed by atoms with Crippen LogP contribution in [0.3, 0.4) is 0 Å². The van der Waals surface area contributed by atoms with E-state index in [1.807, 2.05) is 23.1 Å². The highest BCUT2D eigenvalue weighted by Gasteiger charge is 2.31. The zero-order valence-electron chi connectivity index (χ0n) is 15.4. The Morgan fingerprint density at radius 1 is 1.19 bits per heavy atom. The van der Waals surface area contributed by atoms with Crippen molar-refractivity contribution in [3.05, 3.63) is 57.0 Å². The van der Waals surface area contributed by atoms with Crippen LogP contribution in [0.4, 0.5) is 5.69 Å². The Morgan fingerprint density at radius 2 is 1.96 bits per heavy atom. The molecule has 0 unspecified atom stereocenters. The molecule has 1 amide bonds. The molecule has 1 aliphatic carbocycles. The van der Waals surface area contributed by atoms with Crippen molar-refractivity contribution in [2.24, 2.45) is 13.0 Å². The molecule has 6 nitrogen and oxygen atoms in total. The largest absolute Gasteiger partial charge is 0.368 e. The van der Waals surface area contributed by atoms with Crippen LogP contribution in [0.25, 0.3) is 0 Å². The second kappa shape index (κ2) is 7.35. The first-order chi connectivity index (χ1) is 13.0. The fourth-order valence-electron chi connectivity index (χ4n) is 4.01. The van der Waals surface area contributed by atoms with Gasteiger partial charge >= 0.3 is 0 Å². The van der Waals surface area contributed by atoms with Crippen LogP contribution < -0.4 is 10.5 Å². The third kappa shape index (κ3) is 3.72. The van der Waals surface area contributed by atoms with E-state index >= 15 is 0 Å². The Kier molecular flexibility index (Phi) is 4.91. The van der Waals surface area contributed by atoms with Gasteiger partial charge < -0.3 is 9.80 Å². The Morgan fingerprint density at radius 3 is 2.70 bits per heavy atom. The maximum absolute atomic E-state index is 13.0. The first kappa shape index (κ1) is 18.0. The first-order valence-corrected chi connectivity index (χ1v) is 9.74. The van der Waals surface area contributed by atoms with E-state index in [0.717, 1.165) is 47.9 Å². The number of carbonyl (C=O) groups excluding carboxylic acids is 1. The number of rotatable bonds is 2. The van der Waals surface area contributed by atoms with E-state index in [-0.39, 0.29) is 17.4 Å². The van der Waals surface area contributed by atoms with Crippen LogP contribution in [0.5, 0.6) is 0 Å². The molecule has 1 fully saturated rings. The number of fused-ring (bicyclic) bond motifs is 1. The summed E-state index contributed by atoms with van der Waals surface area (Å²) in [6.45, 7) is 3.03. The highest BCUT2D eigenvalue weighted by Crippen LogP contribution is 2.26. The summed E-state index contributed by atoms with van der Waals surface area (Å²) in [5.74, 6) is 0.149. The Balaban J connectivity index is 1.40. The number of hydrogen-bond donors (Lipinski definition) is 0. The average Bonchev–Trinajstić information content (AvgIpc) is 2.68. The number of anilines is 1. The minimum absolute atomic E-state index is 0.0517. The predicted molar refractivity (Wildman–Crippen MR) is 105 cm³/mol. The van der Waals surface area contributed by atoms with Gasteiger partial charge in [-0.15, -0.1) is 0 Å². The molecule has 0 N–H and O–H groups in total. The molecule has 2 heterocycles. The van der Waals surface area contributed by atoms with Crippen LogP contribution in [0.1, 0.15) is 17.7 Å². The number of aromatic nitrogens is 2. The summed E-state index contributed by atoms with van der Waals surface area (Å²) in [7, 11) is 1.67. The number of nitrogens with zero attached hydrogens (tertiary/aromatic N) is 4. The van der Waals surface area contributed by atoms with E-state index in [1.54, 1.807) is 13.1 Å². The van der Waals surface area contributed by atoms with Gasteiger partial charge in [0.2, 0.25) is 5.91 Å². The van der Waals surface area contributed by atoms with E-state index in [4.69, 9.17) is 11.6 Å². The van der Waals surface area contributed by atoms with Crippen LogP contribution in [-0.2, 0) is 24.7 Å². The highest BCUT2D eigenvalue weighted by molar-refractivity contribution is 6.30. The van der Waals surface area contributed by atoms with E-state index < -0.39 is 0 Å². The monoisotopic (exact) mass is 386 g/mol. The van der Waals surface area contributed by atoms with Gasteiger partial charge in [0.25, 0.3) is 5.56 Å². The summed E-state index contributed by atoms with van der Waals surface area (Å²) in [5.41, 5.74) is 2.87. The van der Waals surface area contributed by atoms with E-state index in [1.165, 1.54) is 4.68 Å². The Hall–Kier alpha value is -2.34. The number of carbonyl (C=O) groups is 1. The molecule has 142 valence electrons.